The van der Waals surface area contributed by atoms with E-state index in [1.54, 1.807) is 36.4 Å². The van der Waals surface area contributed by atoms with Crippen molar-refractivity contribution < 1.29 is 19.1 Å². The minimum absolute atomic E-state index is 0.0383. The minimum atomic E-state index is -0.577. The van der Waals surface area contributed by atoms with Crippen LogP contribution in [0.1, 0.15) is 22.5 Å². The van der Waals surface area contributed by atoms with Gasteiger partial charge >= 0.3 is 0 Å². The van der Waals surface area contributed by atoms with Crippen LogP contribution in [0.4, 0.5) is 5.69 Å². The SMILES string of the molecule is COc1ccc(N2C(=O)/C(=C/c3cc(C)n(-c4ccc(C#N)cc4)c3C)C(=O)NC2=S)c(OC)c1. The Hall–Kier alpha value is -4.42. The normalized spacial score (nSPS) is 14.7. The van der Waals surface area contributed by atoms with Crippen molar-refractivity contribution in [3.05, 3.63) is 76.6 Å². The van der Waals surface area contributed by atoms with Gasteiger partial charge in [-0.05, 0) is 80.2 Å². The lowest BCUT2D eigenvalue weighted by molar-refractivity contribution is -0.122. The van der Waals surface area contributed by atoms with Crippen molar-refractivity contribution in [2.45, 2.75) is 13.8 Å². The highest BCUT2D eigenvalue weighted by Crippen LogP contribution is 2.34. The van der Waals surface area contributed by atoms with E-state index in [4.69, 9.17) is 27.0 Å². The molecule has 1 saturated heterocycles. The van der Waals surface area contributed by atoms with Crippen molar-refractivity contribution in [1.82, 2.24) is 9.88 Å². The Morgan fingerprint density at radius 1 is 1.03 bits per heavy atom. The van der Waals surface area contributed by atoms with E-state index in [0.29, 0.717) is 28.3 Å². The van der Waals surface area contributed by atoms with Crippen LogP contribution >= 0.6 is 12.2 Å². The number of carbonyl (C=O) groups is 2. The van der Waals surface area contributed by atoms with E-state index in [2.05, 4.69) is 11.4 Å². The fourth-order valence-corrected chi connectivity index (χ4v) is 4.29. The van der Waals surface area contributed by atoms with Gasteiger partial charge in [0.2, 0.25) is 0 Å². The molecule has 1 aliphatic heterocycles. The number of nitrogens with one attached hydrogen (secondary N) is 1. The summed E-state index contributed by atoms with van der Waals surface area (Å²) >= 11 is 5.32. The van der Waals surface area contributed by atoms with Gasteiger partial charge in [0.15, 0.2) is 5.11 Å². The molecule has 0 radical (unpaired) electrons. The lowest BCUT2D eigenvalue weighted by Gasteiger charge is -2.30. The molecular formula is C26H22N4O4S. The quantitative estimate of drug-likeness (QED) is 0.335. The first-order valence-corrected chi connectivity index (χ1v) is 11.0. The van der Waals surface area contributed by atoms with E-state index < -0.39 is 11.8 Å². The number of carbonyl (C=O) groups excluding carboxylic acids is 2. The molecule has 9 heteroatoms. The van der Waals surface area contributed by atoms with Gasteiger partial charge in [0.25, 0.3) is 11.8 Å². The van der Waals surface area contributed by atoms with Crippen molar-refractivity contribution >= 4 is 40.9 Å². The third-order valence-corrected chi connectivity index (χ3v) is 6.04. The smallest absolute Gasteiger partial charge is 0.270 e. The molecule has 1 aromatic heterocycles. The molecule has 0 spiro atoms. The Bertz CT molecular complexity index is 1430. The Balaban J connectivity index is 1.76. The van der Waals surface area contributed by atoms with Gasteiger partial charge < -0.3 is 14.0 Å². The van der Waals surface area contributed by atoms with E-state index in [0.717, 1.165) is 17.1 Å². The number of ether oxygens (including phenoxy) is 2. The lowest BCUT2D eigenvalue weighted by Crippen LogP contribution is -2.54. The number of methoxy groups -OCH3 is 2. The fraction of sp³-hybridized carbons (Fsp3) is 0.154. The summed E-state index contributed by atoms with van der Waals surface area (Å²) in [5.74, 6) is -0.220. The summed E-state index contributed by atoms with van der Waals surface area (Å²) in [6.07, 6.45) is 1.56. The molecule has 2 heterocycles. The summed E-state index contributed by atoms with van der Waals surface area (Å²) in [7, 11) is 3.00. The van der Waals surface area contributed by atoms with Gasteiger partial charge in [0.05, 0.1) is 31.5 Å². The van der Waals surface area contributed by atoms with Gasteiger partial charge in [-0.1, -0.05) is 0 Å². The van der Waals surface area contributed by atoms with Crippen molar-refractivity contribution in [2.75, 3.05) is 19.1 Å². The first-order chi connectivity index (χ1) is 16.8. The number of aryl methyl sites for hydroxylation is 1. The van der Waals surface area contributed by atoms with Crippen molar-refractivity contribution in [3.63, 3.8) is 0 Å². The Kier molecular flexibility index (Phi) is 6.40. The van der Waals surface area contributed by atoms with Crippen LogP contribution in [0.2, 0.25) is 0 Å². The predicted molar refractivity (Wildman–Crippen MR) is 136 cm³/mol. The Morgan fingerprint density at radius 2 is 1.74 bits per heavy atom. The molecule has 0 atom stereocenters. The van der Waals surface area contributed by atoms with Crippen LogP contribution in [0.3, 0.4) is 0 Å². The Labute approximate surface area is 208 Å². The van der Waals surface area contributed by atoms with Gasteiger partial charge in [-0.25, -0.2) is 4.90 Å². The molecule has 3 aromatic rings. The highest BCUT2D eigenvalue weighted by Gasteiger charge is 2.36. The number of rotatable bonds is 5. The zero-order valence-electron chi connectivity index (χ0n) is 19.6. The van der Waals surface area contributed by atoms with Gasteiger partial charge in [0.1, 0.15) is 17.1 Å². The van der Waals surface area contributed by atoms with Crippen molar-refractivity contribution in [2.24, 2.45) is 0 Å². The second kappa shape index (κ2) is 9.44. The van der Waals surface area contributed by atoms with E-state index in [-0.39, 0.29) is 10.7 Å². The molecule has 176 valence electrons. The zero-order chi connectivity index (χ0) is 25.3. The topological polar surface area (TPSA) is 96.6 Å². The van der Waals surface area contributed by atoms with Crippen molar-refractivity contribution in [3.8, 4) is 23.3 Å². The molecule has 0 unspecified atom stereocenters. The molecular weight excluding hydrogens is 464 g/mol. The maximum Gasteiger partial charge on any atom is 0.270 e. The molecule has 0 aliphatic carbocycles. The number of benzene rings is 2. The first-order valence-electron chi connectivity index (χ1n) is 10.6. The first kappa shape index (κ1) is 23.7. The van der Waals surface area contributed by atoms with Crippen LogP contribution in [-0.4, -0.2) is 35.7 Å². The third kappa shape index (κ3) is 4.27. The molecule has 1 fully saturated rings. The highest BCUT2D eigenvalue weighted by atomic mass is 32.1. The molecule has 35 heavy (non-hydrogen) atoms. The standard InChI is InChI=1S/C26H22N4O4S/c1-15-11-18(16(2)29(15)19-7-5-17(14-27)6-8-19)12-21-24(31)28-26(35)30(25(21)32)22-10-9-20(33-3)13-23(22)34-4/h5-13H,1-4H3,(H,28,31,35)/b21-12+. The van der Waals surface area contributed by atoms with E-state index in [1.165, 1.54) is 19.1 Å². The predicted octanol–water partition coefficient (Wildman–Crippen LogP) is 3.81. The maximum absolute atomic E-state index is 13.5. The van der Waals surface area contributed by atoms with Crippen LogP contribution < -0.4 is 19.7 Å². The molecule has 1 aliphatic rings. The summed E-state index contributed by atoms with van der Waals surface area (Å²) < 4.78 is 12.7. The van der Waals surface area contributed by atoms with Gasteiger partial charge in [-0.15, -0.1) is 0 Å². The monoisotopic (exact) mass is 486 g/mol. The summed E-state index contributed by atoms with van der Waals surface area (Å²) in [6, 6.07) is 16.1. The minimum Gasteiger partial charge on any atom is -0.497 e. The summed E-state index contributed by atoms with van der Waals surface area (Å²) in [6.45, 7) is 3.83. The van der Waals surface area contributed by atoms with Gasteiger partial charge in [-0.3, -0.25) is 14.9 Å². The van der Waals surface area contributed by atoms with Crippen molar-refractivity contribution in [1.29, 1.82) is 5.26 Å². The molecule has 4 rings (SSSR count). The molecule has 2 aromatic carbocycles. The summed E-state index contributed by atoms with van der Waals surface area (Å²) in [4.78, 5) is 27.5. The maximum atomic E-state index is 13.5. The van der Waals surface area contributed by atoms with E-state index in [9.17, 15) is 9.59 Å². The van der Waals surface area contributed by atoms with Gasteiger partial charge in [0, 0.05) is 23.1 Å². The van der Waals surface area contributed by atoms with Crippen LogP contribution in [0.15, 0.2) is 54.1 Å². The number of amides is 2. The molecule has 1 N–H and O–H groups in total. The van der Waals surface area contributed by atoms with Crippen LogP contribution in [-0.2, 0) is 9.59 Å². The Morgan fingerprint density at radius 3 is 2.37 bits per heavy atom. The number of thiocarbonyl (C=S) groups is 1. The average Bonchev–Trinajstić information content (AvgIpc) is 3.14. The number of nitrogens with zero attached hydrogens (tertiary/aromatic N) is 3. The number of nitriles is 1. The average molecular weight is 487 g/mol. The van der Waals surface area contributed by atoms with E-state index in [1.807, 2.05) is 36.6 Å². The fourth-order valence-electron chi connectivity index (χ4n) is 4.02. The summed E-state index contributed by atoms with van der Waals surface area (Å²) in [5, 5.41) is 11.6. The summed E-state index contributed by atoms with van der Waals surface area (Å²) in [5.41, 5.74) is 4.21. The largest absolute Gasteiger partial charge is 0.497 e. The van der Waals surface area contributed by atoms with Gasteiger partial charge in [-0.2, -0.15) is 5.26 Å². The lowest BCUT2D eigenvalue weighted by atomic mass is 10.1. The van der Waals surface area contributed by atoms with Crippen LogP contribution in [0.25, 0.3) is 11.8 Å². The van der Waals surface area contributed by atoms with Crippen LogP contribution in [0.5, 0.6) is 11.5 Å². The number of anilines is 1. The molecule has 2 amide bonds. The number of hydrogen-bond donors (Lipinski definition) is 1. The second-order valence-electron chi connectivity index (χ2n) is 7.82. The molecule has 0 saturated carbocycles. The van der Waals surface area contributed by atoms with E-state index >= 15 is 0 Å². The third-order valence-electron chi connectivity index (χ3n) is 5.75. The van der Waals surface area contributed by atoms with Crippen LogP contribution in [0, 0.1) is 25.2 Å². The number of hydrogen-bond acceptors (Lipinski definition) is 6. The number of aromatic nitrogens is 1. The highest BCUT2D eigenvalue weighted by molar-refractivity contribution is 7.80. The second-order valence-corrected chi connectivity index (χ2v) is 8.20. The zero-order valence-corrected chi connectivity index (χ0v) is 20.4. The molecule has 8 nitrogen and oxygen atoms in total. The molecule has 0 bridgehead atoms.